The number of fused-ring (bicyclic) bond motifs is 1. The average molecular weight is 553 g/mol. The van der Waals surface area contributed by atoms with Crippen molar-refractivity contribution in [1.29, 1.82) is 0 Å². The Morgan fingerprint density at radius 3 is 2.02 bits per heavy atom. The van der Waals surface area contributed by atoms with E-state index < -0.39 is 65.5 Å². The van der Waals surface area contributed by atoms with Gasteiger partial charge in [-0.15, -0.1) is 0 Å². The molecule has 1 aliphatic rings. The van der Waals surface area contributed by atoms with Crippen LogP contribution in [0.1, 0.15) is 35.6 Å². The topological polar surface area (TPSA) is 201 Å². The van der Waals surface area contributed by atoms with Gasteiger partial charge in [-0.2, -0.15) is 0 Å². The fraction of sp³-hybridized carbons (Fsp3) is 0.276. The van der Waals surface area contributed by atoms with Gasteiger partial charge in [0.25, 0.3) is 0 Å². The Bertz CT molecular complexity index is 1590. The highest BCUT2D eigenvalue weighted by Gasteiger charge is 2.47. The minimum atomic E-state index is -1.85. The molecule has 210 valence electrons. The van der Waals surface area contributed by atoms with Crippen molar-refractivity contribution in [1.82, 2.24) is 0 Å². The number of ether oxygens (including phenoxy) is 1. The van der Waals surface area contributed by atoms with Crippen LogP contribution in [0.4, 0.5) is 0 Å². The van der Waals surface area contributed by atoms with E-state index in [0.29, 0.717) is 11.1 Å². The van der Waals surface area contributed by atoms with Gasteiger partial charge in [0.15, 0.2) is 5.43 Å². The lowest BCUT2D eigenvalue weighted by Crippen LogP contribution is -2.55. The molecule has 0 aliphatic carbocycles. The normalized spacial score (nSPS) is 23.8. The van der Waals surface area contributed by atoms with E-state index in [0.717, 1.165) is 6.07 Å². The van der Waals surface area contributed by atoms with Gasteiger partial charge < -0.3 is 50.0 Å². The zero-order valence-corrected chi connectivity index (χ0v) is 21.2. The Balaban J connectivity index is 1.81. The van der Waals surface area contributed by atoms with Gasteiger partial charge in [0.05, 0.1) is 12.2 Å². The van der Waals surface area contributed by atoms with Gasteiger partial charge in [-0.05, 0) is 42.0 Å². The summed E-state index contributed by atoms with van der Waals surface area (Å²) in [5.74, 6) is -2.03. The van der Waals surface area contributed by atoms with Crippen LogP contribution in [0, 0.1) is 0 Å². The average Bonchev–Trinajstić information content (AvgIpc) is 2.93. The monoisotopic (exact) mass is 552 g/mol. The Hall–Kier alpha value is -4.13. The second-order valence-corrected chi connectivity index (χ2v) is 9.81. The lowest BCUT2D eigenvalue weighted by molar-refractivity contribution is -0.232. The number of aliphatic hydroxyl groups excluding tert-OH is 4. The highest BCUT2D eigenvalue weighted by Crippen LogP contribution is 2.50. The van der Waals surface area contributed by atoms with Crippen LogP contribution in [0.5, 0.6) is 23.0 Å². The molecule has 2 heterocycles. The van der Waals surface area contributed by atoms with E-state index in [1.54, 1.807) is 19.1 Å². The Morgan fingerprint density at radius 1 is 0.825 bits per heavy atom. The molecule has 11 heteroatoms. The van der Waals surface area contributed by atoms with E-state index in [1.807, 2.05) is 0 Å². The van der Waals surface area contributed by atoms with Crippen molar-refractivity contribution in [2.45, 2.75) is 43.4 Å². The molecule has 1 unspecified atom stereocenters. The summed E-state index contributed by atoms with van der Waals surface area (Å²) in [5.41, 5.74) is -0.265. The number of hydrogen-bond acceptors (Lipinski definition) is 11. The van der Waals surface area contributed by atoms with Crippen molar-refractivity contribution in [3.8, 4) is 34.3 Å². The maximum atomic E-state index is 13.5. The molecule has 0 amide bonds. The molecule has 3 aromatic carbocycles. The third-order valence-electron chi connectivity index (χ3n) is 7.35. The first-order chi connectivity index (χ1) is 19.0. The summed E-state index contributed by atoms with van der Waals surface area (Å²) < 4.78 is 11.7. The summed E-state index contributed by atoms with van der Waals surface area (Å²) in [6.07, 6.45) is -8.34. The summed E-state index contributed by atoms with van der Waals surface area (Å²) in [5, 5.41) is 83.0. The molecule has 5 rings (SSSR count). The quantitative estimate of drug-likeness (QED) is 0.180. The third kappa shape index (κ3) is 4.53. The molecule has 0 spiro atoms. The van der Waals surface area contributed by atoms with Gasteiger partial charge in [-0.1, -0.05) is 19.1 Å². The zero-order chi connectivity index (χ0) is 28.9. The van der Waals surface area contributed by atoms with Crippen molar-refractivity contribution >= 4 is 11.0 Å². The summed E-state index contributed by atoms with van der Waals surface area (Å²) >= 11 is 0. The molecule has 11 nitrogen and oxygen atoms in total. The first-order valence-corrected chi connectivity index (χ1v) is 12.5. The number of rotatable bonds is 5. The van der Waals surface area contributed by atoms with Crippen molar-refractivity contribution in [2.75, 3.05) is 6.61 Å². The van der Waals surface area contributed by atoms with Crippen LogP contribution in [0.2, 0.25) is 0 Å². The molecule has 4 aromatic rings. The highest BCUT2D eigenvalue weighted by atomic mass is 16.5. The first-order valence-electron chi connectivity index (χ1n) is 12.5. The lowest BCUT2D eigenvalue weighted by Gasteiger charge is -2.40. The van der Waals surface area contributed by atoms with E-state index in [1.165, 1.54) is 36.4 Å². The Labute approximate surface area is 227 Å². The largest absolute Gasteiger partial charge is 0.508 e. The fourth-order valence-electron chi connectivity index (χ4n) is 5.12. The first kappa shape index (κ1) is 27.4. The number of phenolic OH excluding ortho intramolecular Hbond substituents is 4. The van der Waals surface area contributed by atoms with Crippen LogP contribution >= 0.6 is 0 Å². The number of aromatic hydroxyl groups is 4. The fourth-order valence-corrected chi connectivity index (χ4v) is 5.12. The smallest absolute Gasteiger partial charge is 0.197 e. The summed E-state index contributed by atoms with van der Waals surface area (Å²) in [4.78, 5) is 13.5. The van der Waals surface area contributed by atoms with Crippen LogP contribution in [-0.2, 0) is 4.74 Å². The molecule has 8 N–H and O–H groups in total. The minimum Gasteiger partial charge on any atom is -0.508 e. The predicted octanol–water partition coefficient (Wildman–Crippen LogP) is 1.95. The van der Waals surface area contributed by atoms with Crippen molar-refractivity contribution in [2.24, 2.45) is 0 Å². The van der Waals surface area contributed by atoms with Crippen LogP contribution in [-0.4, -0.2) is 71.9 Å². The zero-order valence-electron chi connectivity index (χ0n) is 21.2. The van der Waals surface area contributed by atoms with E-state index >= 15 is 0 Å². The van der Waals surface area contributed by atoms with Crippen LogP contribution in [0.3, 0.4) is 0 Å². The molecular weight excluding hydrogens is 524 g/mol. The van der Waals surface area contributed by atoms with Crippen molar-refractivity contribution in [3.05, 3.63) is 81.5 Å². The van der Waals surface area contributed by atoms with E-state index in [9.17, 15) is 45.6 Å². The summed E-state index contributed by atoms with van der Waals surface area (Å²) in [7, 11) is 0. The molecule has 0 saturated carbocycles. The van der Waals surface area contributed by atoms with Gasteiger partial charge in [-0.25, -0.2) is 0 Å². The number of phenols is 4. The highest BCUT2D eigenvalue weighted by molar-refractivity contribution is 5.92. The molecular formula is C29H28O11. The predicted molar refractivity (Wildman–Crippen MR) is 141 cm³/mol. The standard InChI is InChI=1S/C29H28O11/c1-12(13-2-6-15(31)7-3-13)20-24(35)22(29-27(38)26(37)23(34)19(11-30)40-29)25(36)21-17(33)10-18(39-28(20)21)14-4-8-16(32)9-5-14/h2-10,12,19,23,26-27,29-32,34-38H,11H2,1H3/t12?,19-,23-,26+,27-,29+/m1/s1. The maximum absolute atomic E-state index is 13.5. The second kappa shape index (κ2) is 10.5. The molecule has 40 heavy (non-hydrogen) atoms. The van der Waals surface area contributed by atoms with Crippen LogP contribution in [0.15, 0.2) is 63.8 Å². The third-order valence-corrected chi connectivity index (χ3v) is 7.35. The van der Waals surface area contributed by atoms with Gasteiger partial charge >= 0.3 is 0 Å². The van der Waals surface area contributed by atoms with E-state index in [4.69, 9.17) is 9.15 Å². The van der Waals surface area contributed by atoms with Gasteiger partial charge in [-0.3, -0.25) is 4.79 Å². The molecule has 1 aromatic heterocycles. The molecule has 6 atom stereocenters. The Kier molecular flexibility index (Phi) is 7.17. The minimum absolute atomic E-state index is 0.00103. The SMILES string of the molecule is CC(c1ccc(O)cc1)c1c(O)c([C@@H]2O[C@H](CO)[C@@H](O)[C@H](O)[C@H]2O)c(O)c2c(=O)cc(-c3ccc(O)cc3)oc12. The molecule has 0 radical (unpaired) electrons. The number of benzene rings is 3. The molecule has 1 fully saturated rings. The lowest BCUT2D eigenvalue weighted by atomic mass is 9.84. The van der Waals surface area contributed by atoms with Gasteiger partial charge in [0.2, 0.25) is 0 Å². The number of hydrogen-bond donors (Lipinski definition) is 8. The van der Waals surface area contributed by atoms with Gasteiger partial charge in [0, 0.05) is 23.1 Å². The molecule has 0 bridgehead atoms. The number of aliphatic hydroxyl groups is 4. The van der Waals surface area contributed by atoms with E-state index in [-0.39, 0.29) is 33.8 Å². The van der Waals surface area contributed by atoms with Crippen LogP contribution < -0.4 is 5.43 Å². The molecule has 1 aliphatic heterocycles. The van der Waals surface area contributed by atoms with E-state index in [2.05, 4.69) is 0 Å². The van der Waals surface area contributed by atoms with Crippen molar-refractivity contribution in [3.63, 3.8) is 0 Å². The molecule has 1 saturated heterocycles. The van der Waals surface area contributed by atoms with Gasteiger partial charge in [0.1, 0.15) is 70.2 Å². The van der Waals surface area contributed by atoms with Crippen molar-refractivity contribution < 1.29 is 50.0 Å². The summed E-state index contributed by atoms with van der Waals surface area (Å²) in [6, 6.07) is 13.0. The summed E-state index contributed by atoms with van der Waals surface area (Å²) in [6.45, 7) is 0.938. The second-order valence-electron chi connectivity index (χ2n) is 9.81. The van der Waals surface area contributed by atoms with Crippen LogP contribution in [0.25, 0.3) is 22.3 Å². The maximum Gasteiger partial charge on any atom is 0.197 e. The Morgan fingerprint density at radius 2 is 1.43 bits per heavy atom.